The van der Waals surface area contributed by atoms with Crippen LogP contribution in [-0.4, -0.2) is 55.7 Å². The number of imidazole rings is 1. The van der Waals surface area contributed by atoms with Crippen molar-refractivity contribution in [2.75, 3.05) is 30.0 Å². The van der Waals surface area contributed by atoms with Crippen molar-refractivity contribution in [1.29, 1.82) is 0 Å². The first-order chi connectivity index (χ1) is 19.1. The highest BCUT2D eigenvalue weighted by molar-refractivity contribution is 6.04. The summed E-state index contributed by atoms with van der Waals surface area (Å²) in [5.41, 5.74) is 19.5. The van der Waals surface area contributed by atoms with E-state index in [4.69, 9.17) is 21.9 Å². The summed E-state index contributed by atoms with van der Waals surface area (Å²) in [7, 11) is 1.47. The van der Waals surface area contributed by atoms with Gasteiger partial charge in [0.15, 0.2) is 0 Å². The normalized spacial score (nSPS) is 11.2. The van der Waals surface area contributed by atoms with Gasteiger partial charge in [0.1, 0.15) is 22.8 Å². The molecule has 0 aliphatic rings. The van der Waals surface area contributed by atoms with Gasteiger partial charge in [-0.1, -0.05) is 12.2 Å². The Bertz CT molecular complexity index is 1640. The molecule has 0 unspecified atom stereocenters. The number of primary amides is 2. The maximum absolute atomic E-state index is 13.2. The lowest BCUT2D eigenvalue weighted by Crippen LogP contribution is -2.20. The average molecular weight is 547 g/mol. The molecule has 8 N–H and O–H groups in total. The Morgan fingerprint density at radius 1 is 1.07 bits per heavy atom. The first-order valence-electron chi connectivity index (χ1n) is 12.3. The molecular formula is C26H30N10O4. The lowest BCUT2D eigenvalue weighted by atomic mass is 10.1. The lowest BCUT2D eigenvalue weighted by Gasteiger charge is -2.11. The quantitative estimate of drug-likeness (QED) is 0.173. The predicted molar refractivity (Wildman–Crippen MR) is 150 cm³/mol. The minimum atomic E-state index is -0.634. The Kier molecular flexibility index (Phi) is 7.98. The van der Waals surface area contributed by atoms with E-state index in [2.05, 4.69) is 25.7 Å². The number of aromatic nitrogens is 5. The van der Waals surface area contributed by atoms with Crippen molar-refractivity contribution in [1.82, 2.24) is 24.3 Å². The average Bonchev–Trinajstić information content (AvgIpc) is 3.47. The third-order valence-corrected chi connectivity index (χ3v) is 6.01. The Morgan fingerprint density at radius 2 is 1.82 bits per heavy atom. The Balaban J connectivity index is 1.62. The molecule has 0 aliphatic carbocycles. The van der Waals surface area contributed by atoms with Crippen molar-refractivity contribution in [2.24, 2.45) is 11.5 Å². The van der Waals surface area contributed by atoms with Gasteiger partial charge in [-0.2, -0.15) is 5.10 Å². The van der Waals surface area contributed by atoms with E-state index in [0.717, 1.165) is 0 Å². The summed E-state index contributed by atoms with van der Waals surface area (Å²) >= 11 is 0. The van der Waals surface area contributed by atoms with Crippen LogP contribution in [0, 0.1) is 6.92 Å². The number of fused-ring (bicyclic) bond motifs is 1. The fourth-order valence-electron chi connectivity index (χ4n) is 4.12. The molecule has 0 spiro atoms. The van der Waals surface area contributed by atoms with Crippen LogP contribution >= 0.6 is 0 Å². The molecule has 208 valence electrons. The number of hydrogen-bond donors (Lipinski definition) is 5. The molecule has 3 aromatic heterocycles. The molecule has 0 aliphatic heterocycles. The van der Waals surface area contributed by atoms with Gasteiger partial charge in [-0.3, -0.25) is 24.4 Å². The van der Waals surface area contributed by atoms with Crippen molar-refractivity contribution in [2.45, 2.75) is 26.9 Å². The van der Waals surface area contributed by atoms with Crippen LogP contribution in [0.1, 0.15) is 43.8 Å². The topological polar surface area (TPSA) is 211 Å². The number of carbonyl (C=O) groups excluding carboxylic acids is 3. The van der Waals surface area contributed by atoms with E-state index in [0.29, 0.717) is 47.1 Å². The molecule has 0 saturated heterocycles. The van der Waals surface area contributed by atoms with Crippen molar-refractivity contribution < 1.29 is 19.1 Å². The van der Waals surface area contributed by atoms with Gasteiger partial charge in [0.2, 0.25) is 17.8 Å². The molecule has 14 nitrogen and oxygen atoms in total. The summed E-state index contributed by atoms with van der Waals surface area (Å²) in [6.45, 7) is 4.86. The number of benzene rings is 1. The van der Waals surface area contributed by atoms with Crippen LogP contribution in [0.5, 0.6) is 5.75 Å². The lowest BCUT2D eigenvalue weighted by molar-refractivity contribution is 0.0991. The molecule has 4 aromatic rings. The summed E-state index contributed by atoms with van der Waals surface area (Å²) in [5.74, 6) is -0.628. The number of hydrogen-bond acceptors (Lipinski definition) is 9. The Morgan fingerprint density at radius 3 is 2.48 bits per heavy atom. The van der Waals surface area contributed by atoms with Crippen LogP contribution < -0.4 is 32.6 Å². The van der Waals surface area contributed by atoms with E-state index in [1.165, 1.54) is 25.4 Å². The summed E-state index contributed by atoms with van der Waals surface area (Å²) in [5, 5.41) is 10.3. The van der Waals surface area contributed by atoms with E-state index in [1.54, 1.807) is 21.4 Å². The fourth-order valence-corrected chi connectivity index (χ4v) is 4.12. The maximum atomic E-state index is 13.2. The van der Waals surface area contributed by atoms with Gasteiger partial charge in [0.05, 0.1) is 29.6 Å². The molecule has 0 bridgehead atoms. The number of pyridine rings is 1. The number of methoxy groups -OCH3 is 1. The Hall–Kier alpha value is -5.40. The number of anilines is 3. The zero-order chi connectivity index (χ0) is 29.0. The molecular weight excluding hydrogens is 516 g/mol. The van der Waals surface area contributed by atoms with Crippen LogP contribution in [0.3, 0.4) is 0 Å². The highest BCUT2D eigenvalue weighted by Gasteiger charge is 2.21. The minimum Gasteiger partial charge on any atom is -0.494 e. The van der Waals surface area contributed by atoms with Crippen molar-refractivity contribution in [3.8, 4) is 5.75 Å². The fraction of sp³-hybridized carbons (Fsp3) is 0.231. The van der Waals surface area contributed by atoms with Crippen LogP contribution in [-0.2, 0) is 13.1 Å². The number of ether oxygens (including phenoxy) is 1. The number of amides is 3. The summed E-state index contributed by atoms with van der Waals surface area (Å²) < 4.78 is 8.89. The standard InChI is InChI=1S/C26H30N10O4/c1-4-36-19(9-14(2)34-36)25(39)33-26-32-18-11-15(22(28)37)12-20(40-3)21(18)35(26)8-6-5-7-30-24-17(27)10-16(13-31-24)23(29)38/h5-6,9-13H,4,7-8,27H2,1-3H3,(H2,28,37)(H2,29,38)(H,30,31)(H,32,33,39)/b6-5+. The minimum absolute atomic E-state index is 0.214. The summed E-state index contributed by atoms with van der Waals surface area (Å²) in [4.78, 5) is 45.1. The van der Waals surface area contributed by atoms with Crippen LogP contribution in [0.2, 0.25) is 0 Å². The molecule has 0 saturated carbocycles. The highest BCUT2D eigenvalue weighted by atomic mass is 16.5. The zero-order valence-electron chi connectivity index (χ0n) is 22.3. The molecule has 3 amide bonds. The number of nitrogen functional groups attached to an aromatic ring is 1. The summed E-state index contributed by atoms with van der Waals surface area (Å²) in [6, 6.07) is 6.22. The maximum Gasteiger partial charge on any atom is 0.276 e. The molecule has 14 heteroatoms. The molecule has 40 heavy (non-hydrogen) atoms. The van der Waals surface area contributed by atoms with Gasteiger partial charge in [-0.25, -0.2) is 9.97 Å². The van der Waals surface area contributed by atoms with Crippen molar-refractivity contribution in [3.05, 3.63) is 65.1 Å². The van der Waals surface area contributed by atoms with Gasteiger partial charge in [0.25, 0.3) is 5.91 Å². The van der Waals surface area contributed by atoms with Gasteiger partial charge < -0.3 is 31.8 Å². The number of nitrogens with two attached hydrogens (primary N) is 3. The number of nitrogens with one attached hydrogen (secondary N) is 2. The van der Waals surface area contributed by atoms with Crippen LogP contribution in [0.4, 0.5) is 17.5 Å². The van der Waals surface area contributed by atoms with E-state index >= 15 is 0 Å². The third kappa shape index (κ3) is 5.70. The third-order valence-electron chi connectivity index (χ3n) is 6.01. The van der Waals surface area contributed by atoms with E-state index in [9.17, 15) is 14.4 Å². The summed E-state index contributed by atoms with van der Waals surface area (Å²) in [6.07, 6.45) is 5.02. The number of carbonyl (C=O) groups is 3. The van der Waals surface area contributed by atoms with Gasteiger partial charge in [0, 0.05) is 31.4 Å². The second kappa shape index (κ2) is 11.6. The SMILES string of the molecule is CCn1nc(C)cc1C(=O)Nc1nc2cc(C(N)=O)cc(OC)c2n1C/C=C/CNc1ncc(C(N)=O)cc1N. The zero-order valence-corrected chi connectivity index (χ0v) is 22.3. The van der Waals surface area contributed by atoms with Gasteiger partial charge in [-0.15, -0.1) is 0 Å². The van der Waals surface area contributed by atoms with E-state index < -0.39 is 11.8 Å². The number of rotatable bonds is 11. The predicted octanol–water partition coefficient (Wildman–Crippen LogP) is 1.67. The molecule has 0 radical (unpaired) electrons. The van der Waals surface area contributed by atoms with E-state index in [1.807, 2.05) is 26.0 Å². The highest BCUT2D eigenvalue weighted by Crippen LogP contribution is 2.31. The first-order valence-corrected chi connectivity index (χ1v) is 12.3. The van der Waals surface area contributed by atoms with E-state index in [-0.39, 0.29) is 35.2 Å². The molecule has 1 aromatic carbocycles. The van der Waals surface area contributed by atoms with Crippen molar-refractivity contribution in [3.63, 3.8) is 0 Å². The van der Waals surface area contributed by atoms with Crippen LogP contribution in [0.15, 0.2) is 42.6 Å². The van der Waals surface area contributed by atoms with Gasteiger partial charge in [-0.05, 0) is 38.1 Å². The monoisotopic (exact) mass is 546 g/mol. The molecule has 0 fully saturated rings. The van der Waals surface area contributed by atoms with Crippen molar-refractivity contribution >= 4 is 46.2 Å². The number of allylic oxidation sites excluding steroid dienone is 1. The molecule has 0 atom stereocenters. The second-order valence-electron chi connectivity index (χ2n) is 8.78. The molecule has 4 rings (SSSR count). The number of nitrogens with zero attached hydrogens (tertiary/aromatic N) is 5. The first kappa shape index (κ1) is 27.6. The number of aryl methyl sites for hydroxylation is 2. The molecule has 3 heterocycles. The Labute approximate surface area is 229 Å². The van der Waals surface area contributed by atoms with Gasteiger partial charge >= 0.3 is 0 Å². The van der Waals surface area contributed by atoms with Crippen LogP contribution in [0.25, 0.3) is 11.0 Å². The second-order valence-corrected chi connectivity index (χ2v) is 8.78. The largest absolute Gasteiger partial charge is 0.494 e. The smallest absolute Gasteiger partial charge is 0.276 e.